The minimum atomic E-state index is -0.457. The van der Waals surface area contributed by atoms with Crippen molar-refractivity contribution in [3.05, 3.63) is 52.5 Å². The maximum absolute atomic E-state index is 10.1. The van der Waals surface area contributed by atoms with E-state index in [0.29, 0.717) is 6.42 Å². The Bertz CT molecular complexity index is 924. The first kappa shape index (κ1) is 17.3. The number of H-pyrrole nitrogens is 1. The molecule has 1 aliphatic heterocycles. The lowest BCUT2D eigenvalue weighted by molar-refractivity contribution is 0.167. The number of hydrogen-bond acceptors (Lipinski definition) is 3. The van der Waals surface area contributed by atoms with Crippen molar-refractivity contribution in [2.45, 2.75) is 59.4 Å². The highest BCUT2D eigenvalue weighted by molar-refractivity contribution is 5.87. The number of benzene rings is 1. The third kappa shape index (κ3) is 3.06. The molecule has 0 bridgehead atoms. The Morgan fingerprint density at radius 1 is 1.27 bits per heavy atom. The summed E-state index contributed by atoms with van der Waals surface area (Å²) in [4.78, 5) is 6.06. The van der Waals surface area contributed by atoms with Crippen LogP contribution < -0.4 is 0 Å². The Balaban J connectivity index is 1.59. The van der Waals surface area contributed by atoms with Crippen molar-refractivity contribution in [2.24, 2.45) is 0 Å². The smallest absolute Gasteiger partial charge is 0.0975 e. The normalized spacial score (nSPS) is 16.6. The summed E-state index contributed by atoms with van der Waals surface area (Å²) in [6.07, 6.45) is 1.32. The van der Waals surface area contributed by atoms with E-state index in [4.69, 9.17) is 0 Å². The first-order chi connectivity index (χ1) is 12.6. The van der Waals surface area contributed by atoms with Gasteiger partial charge in [-0.1, -0.05) is 25.1 Å². The van der Waals surface area contributed by atoms with E-state index >= 15 is 0 Å². The van der Waals surface area contributed by atoms with Crippen LogP contribution in [0.3, 0.4) is 0 Å². The van der Waals surface area contributed by atoms with E-state index < -0.39 is 6.10 Å². The maximum Gasteiger partial charge on any atom is 0.0975 e. The number of rotatable bonds is 4. The van der Waals surface area contributed by atoms with E-state index in [2.05, 4.69) is 57.8 Å². The molecule has 138 valence electrons. The molecular weight excluding hydrogens is 324 g/mol. The van der Waals surface area contributed by atoms with Crippen molar-refractivity contribution >= 4 is 10.9 Å². The largest absolute Gasteiger partial charge is 0.387 e. The SMILES string of the molecule is CC[C@@H](O)c1cc2n(n1)CCCN(Cc1cccc3c(C)c(C)[nH]c13)C2. The van der Waals surface area contributed by atoms with Crippen LogP contribution in [0.4, 0.5) is 0 Å². The first-order valence-corrected chi connectivity index (χ1v) is 9.60. The topological polar surface area (TPSA) is 57.1 Å². The summed E-state index contributed by atoms with van der Waals surface area (Å²) in [6, 6.07) is 8.67. The van der Waals surface area contributed by atoms with Crippen LogP contribution >= 0.6 is 0 Å². The molecule has 26 heavy (non-hydrogen) atoms. The molecule has 1 atom stereocenters. The fraction of sp³-hybridized carbons (Fsp3) is 0.476. The van der Waals surface area contributed by atoms with Gasteiger partial charge in [-0.3, -0.25) is 9.58 Å². The summed E-state index contributed by atoms with van der Waals surface area (Å²) in [5.41, 5.74) is 7.22. The number of aryl methyl sites for hydroxylation is 3. The second-order valence-corrected chi connectivity index (χ2v) is 7.49. The number of nitrogens with zero attached hydrogens (tertiary/aromatic N) is 3. The van der Waals surface area contributed by atoms with Crippen LogP contribution in [-0.4, -0.2) is 31.3 Å². The predicted molar refractivity (Wildman–Crippen MR) is 104 cm³/mol. The number of fused-ring (bicyclic) bond motifs is 2. The van der Waals surface area contributed by atoms with Gasteiger partial charge in [0.05, 0.1) is 23.0 Å². The average Bonchev–Trinajstić information content (AvgIpc) is 3.10. The van der Waals surface area contributed by atoms with Crippen molar-refractivity contribution < 1.29 is 5.11 Å². The molecule has 0 amide bonds. The highest BCUT2D eigenvalue weighted by Crippen LogP contribution is 2.26. The molecule has 5 nitrogen and oxygen atoms in total. The van der Waals surface area contributed by atoms with Crippen LogP contribution in [0, 0.1) is 13.8 Å². The molecule has 3 aromatic rings. The summed E-state index contributed by atoms with van der Waals surface area (Å²) in [5.74, 6) is 0. The van der Waals surface area contributed by atoms with E-state index in [1.165, 1.54) is 33.4 Å². The van der Waals surface area contributed by atoms with Crippen molar-refractivity contribution in [1.82, 2.24) is 19.7 Å². The third-order valence-electron chi connectivity index (χ3n) is 5.66. The zero-order valence-electron chi connectivity index (χ0n) is 15.9. The van der Waals surface area contributed by atoms with Crippen molar-refractivity contribution in [3.8, 4) is 0 Å². The molecule has 0 unspecified atom stereocenters. The van der Waals surface area contributed by atoms with Gasteiger partial charge in [-0.25, -0.2) is 0 Å². The van der Waals surface area contributed by atoms with Crippen LogP contribution in [0.5, 0.6) is 0 Å². The minimum Gasteiger partial charge on any atom is -0.387 e. The monoisotopic (exact) mass is 352 g/mol. The number of aliphatic hydroxyl groups excluding tert-OH is 1. The molecule has 0 fully saturated rings. The molecular formula is C21H28N4O. The van der Waals surface area contributed by atoms with Gasteiger partial charge in [0, 0.05) is 37.3 Å². The van der Waals surface area contributed by atoms with Crippen LogP contribution in [-0.2, 0) is 19.6 Å². The Labute approximate surface area is 154 Å². The van der Waals surface area contributed by atoms with Crippen molar-refractivity contribution in [2.75, 3.05) is 6.54 Å². The standard InChI is InChI=1S/C21H28N4O/c1-4-20(26)19-11-17-13-24(9-6-10-25(17)23-19)12-16-7-5-8-18-14(2)15(3)22-21(16)18/h5,7-8,11,20,22,26H,4,6,9-10,12-13H2,1-3H3/t20-/m1/s1. The minimum absolute atomic E-state index is 0.457. The van der Waals surface area contributed by atoms with Crippen molar-refractivity contribution in [3.63, 3.8) is 0 Å². The van der Waals surface area contributed by atoms with Gasteiger partial charge < -0.3 is 10.1 Å². The quantitative estimate of drug-likeness (QED) is 0.750. The van der Waals surface area contributed by atoms with Gasteiger partial charge in [-0.2, -0.15) is 5.10 Å². The molecule has 5 heteroatoms. The zero-order valence-corrected chi connectivity index (χ0v) is 15.9. The lowest BCUT2D eigenvalue weighted by Crippen LogP contribution is -2.23. The second kappa shape index (κ2) is 6.89. The van der Waals surface area contributed by atoms with Crippen LogP contribution in [0.1, 0.15) is 54.1 Å². The van der Waals surface area contributed by atoms with E-state index in [1.807, 2.05) is 6.92 Å². The molecule has 3 heterocycles. The number of aromatic nitrogens is 3. The van der Waals surface area contributed by atoms with Gasteiger partial charge in [-0.05, 0) is 43.9 Å². The van der Waals surface area contributed by atoms with Gasteiger partial charge in [-0.15, -0.1) is 0 Å². The summed E-state index contributed by atoms with van der Waals surface area (Å²) in [5, 5.41) is 16.1. The molecule has 2 aromatic heterocycles. The highest BCUT2D eigenvalue weighted by atomic mass is 16.3. The molecule has 0 saturated carbocycles. The van der Waals surface area contributed by atoms with Gasteiger partial charge in [0.15, 0.2) is 0 Å². The van der Waals surface area contributed by atoms with Gasteiger partial charge in [0.2, 0.25) is 0 Å². The predicted octanol–water partition coefficient (Wildman–Crippen LogP) is 3.83. The Morgan fingerprint density at radius 2 is 2.12 bits per heavy atom. The van der Waals surface area contributed by atoms with Crippen LogP contribution in [0.15, 0.2) is 24.3 Å². The van der Waals surface area contributed by atoms with Crippen molar-refractivity contribution in [1.29, 1.82) is 0 Å². The zero-order chi connectivity index (χ0) is 18.3. The second-order valence-electron chi connectivity index (χ2n) is 7.49. The number of aliphatic hydroxyl groups is 1. The number of nitrogens with one attached hydrogen (secondary N) is 1. The molecule has 2 N–H and O–H groups in total. The van der Waals surface area contributed by atoms with E-state index in [9.17, 15) is 5.11 Å². The molecule has 0 spiro atoms. The summed E-state index contributed by atoms with van der Waals surface area (Å²) in [6.45, 7) is 10.1. The van der Waals surface area contributed by atoms with Gasteiger partial charge in [0.25, 0.3) is 0 Å². The molecule has 0 saturated heterocycles. The fourth-order valence-electron chi connectivity index (χ4n) is 3.97. The Hall–Kier alpha value is -2.11. The van der Waals surface area contributed by atoms with E-state index in [1.54, 1.807) is 0 Å². The molecule has 0 aliphatic carbocycles. The third-order valence-corrected chi connectivity index (χ3v) is 5.66. The van der Waals surface area contributed by atoms with Crippen LogP contribution in [0.2, 0.25) is 0 Å². The fourth-order valence-corrected chi connectivity index (χ4v) is 3.97. The summed E-state index contributed by atoms with van der Waals surface area (Å²) >= 11 is 0. The molecule has 0 radical (unpaired) electrons. The molecule has 1 aliphatic rings. The van der Waals surface area contributed by atoms with Gasteiger partial charge >= 0.3 is 0 Å². The van der Waals surface area contributed by atoms with Crippen LogP contribution in [0.25, 0.3) is 10.9 Å². The van der Waals surface area contributed by atoms with E-state index in [-0.39, 0.29) is 0 Å². The summed E-state index contributed by atoms with van der Waals surface area (Å²) < 4.78 is 2.08. The number of hydrogen-bond donors (Lipinski definition) is 2. The molecule has 1 aromatic carbocycles. The number of aromatic amines is 1. The Morgan fingerprint density at radius 3 is 2.92 bits per heavy atom. The lowest BCUT2D eigenvalue weighted by atomic mass is 10.1. The summed E-state index contributed by atoms with van der Waals surface area (Å²) in [7, 11) is 0. The van der Waals surface area contributed by atoms with E-state index in [0.717, 1.165) is 38.3 Å². The lowest BCUT2D eigenvalue weighted by Gasteiger charge is -2.20. The maximum atomic E-state index is 10.1. The first-order valence-electron chi connectivity index (χ1n) is 9.60. The van der Waals surface area contributed by atoms with Gasteiger partial charge in [0.1, 0.15) is 0 Å². The number of para-hydroxylation sites is 1. The Kier molecular flexibility index (Phi) is 4.59. The average molecular weight is 352 g/mol. The molecule has 4 rings (SSSR count). The highest BCUT2D eigenvalue weighted by Gasteiger charge is 2.20.